The van der Waals surface area contributed by atoms with Gasteiger partial charge in [0.2, 0.25) is 17.7 Å². The highest BCUT2D eigenvalue weighted by Gasteiger charge is 2.40. The summed E-state index contributed by atoms with van der Waals surface area (Å²) in [6.07, 6.45) is 7.56. The minimum absolute atomic E-state index is 0.0347. The number of esters is 1. The van der Waals surface area contributed by atoms with Gasteiger partial charge in [0.15, 0.2) is 34.6 Å². The van der Waals surface area contributed by atoms with E-state index in [9.17, 15) is 58.6 Å². The number of fused-ring (bicyclic) bond motifs is 5. The number of methoxy groups -OCH3 is 2. The molecule has 22 heteroatoms. The Labute approximate surface area is 725 Å². The molecule has 1 N–H and O–H groups in total. The molecule has 122 heavy (non-hydrogen) atoms. The van der Waals surface area contributed by atoms with Crippen LogP contribution in [-0.4, -0.2) is 107 Å². The van der Waals surface area contributed by atoms with Gasteiger partial charge in [-0.05, 0) is 194 Å². The van der Waals surface area contributed by atoms with Crippen LogP contribution in [0.15, 0.2) is 204 Å². The summed E-state index contributed by atoms with van der Waals surface area (Å²) in [6, 6.07) is 63.4. The smallest absolute Gasteiger partial charge is 0.306 e. The largest absolute Gasteiger partial charge is 0.497 e. The summed E-state index contributed by atoms with van der Waals surface area (Å²) >= 11 is 3.16. The summed E-state index contributed by atoms with van der Waals surface area (Å²) < 4.78 is 21.5. The fourth-order valence-corrected chi connectivity index (χ4v) is 16.6. The molecule has 2 aliphatic heterocycles. The van der Waals surface area contributed by atoms with E-state index in [1.54, 1.807) is 45.4 Å². The fourth-order valence-electron chi connectivity index (χ4n) is 14.6. The number of likely N-dealkylation sites (tertiary alicyclic amines) is 1. The molecule has 20 nitrogen and oxygen atoms in total. The number of ketones is 4. The van der Waals surface area contributed by atoms with Crippen molar-refractivity contribution >= 4 is 92.5 Å². The first kappa shape index (κ1) is 95.6. The van der Waals surface area contributed by atoms with Crippen molar-refractivity contribution in [3.8, 4) is 17.2 Å². The lowest BCUT2D eigenvalue weighted by atomic mass is 9.71. The summed E-state index contributed by atoms with van der Waals surface area (Å²) in [7, 11) is 3.10. The van der Waals surface area contributed by atoms with Gasteiger partial charge in [-0.3, -0.25) is 63.5 Å². The topological polar surface area (TPSA) is 275 Å². The lowest BCUT2D eigenvalue weighted by molar-refractivity contribution is -0.386. The molecule has 3 atom stereocenters. The Hall–Kier alpha value is -11.9. The lowest BCUT2D eigenvalue weighted by Gasteiger charge is -2.38. The van der Waals surface area contributed by atoms with Gasteiger partial charge in [0.1, 0.15) is 11.9 Å². The number of nitro benzene ring substituents is 2. The van der Waals surface area contributed by atoms with Crippen LogP contribution in [0.1, 0.15) is 235 Å². The molecule has 13 rings (SSSR count). The molecule has 10 aromatic rings. The number of hydrogen-bond donors (Lipinski definition) is 1. The van der Waals surface area contributed by atoms with Crippen LogP contribution >= 0.6 is 23.5 Å². The highest BCUT2D eigenvalue weighted by atomic mass is 32.2. The number of benzene rings is 10. The number of ether oxygens (including phenoxy) is 4. The van der Waals surface area contributed by atoms with E-state index < -0.39 is 17.0 Å². The summed E-state index contributed by atoms with van der Waals surface area (Å²) in [6.45, 7) is 25.9. The molecule has 0 bridgehead atoms. The van der Waals surface area contributed by atoms with Crippen molar-refractivity contribution in [2.75, 3.05) is 40.2 Å². The molecule has 1 fully saturated rings. The molecular formula is C100H112N4O16S2. The Morgan fingerprint density at radius 2 is 1.18 bits per heavy atom. The highest BCUT2D eigenvalue weighted by molar-refractivity contribution is 8.00. The maximum atomic E-state index is 12.6. The van der Waals surface area contributed by atoms with Crippen LogP contribution in [0.2, 0.25) is 0 Å². The van der Waals surface area contributed by atoms with Crippen LogP contribution in [0.4, 0.5) is 11.4 Å². The zero-order valence-corrected chi connectivity index (χ0v) is 74.4. The number of nitrogens with zero attached hydrogens (tertiary/aromatic N) is 3. The van der Waals surface area contributed by atoms with Gasteiger partial charge in [-0.15, -0.1) is 0 Å². The Balaban J connectivity index is 0.000000189. The molecule has 0 radical (unpaired) electrons. The van der Waals surface area contributed by atoms with E-state index in [0.29, 0.717) is 47.4 Å². The van der Waals surface area contributed by atoms with Crippen LogP contribution < -0.4 is 19.5 Å². The van der Waals surface area contributed by atoms with Gasteiger partial charge >= 0.3 is 5.97 Å². The second-order valence-corrected chi connectivity index (χ2v) is 32.3. The minimum Gasteiger partial charge on any atom is -0.497 e. The summed E-state index contributed by atoms with van der Waals surface area (Å²) in [5.74, 6) is 0.947. The van der Waals surface area contributed by atoms with Gasteiger partial charge in [0, 0.05) is 99.0 Å². The third kappa shape index (κ3) is 24.3. The number of hydrogen-bond acceptors (Lipinski definition) is 18. The first-order chi connectivity index (χ1) is 58.4. The third-order valence-electron chi connectivity index (χ3n) is 21.6. The average Bonchev–Trinajstić information content (AvgIpc) is 0.773. The maximum Gasteiger partial charge on any atom is 0.306 e. The SMILES string of the molecule is CC(=O)c1ccccc1CC(C)C.CCC(=O)OC(C)c1cc(OC)c(OCCCC(=O)NCCN2C(=O)CC(SC)C2=O)cc1[N+](=O)[O-].CCC(=O)c1cc(CC)ccc1C.CCc1ccc2c(c1)C(=O)c1ccc(CC)cc1C2=O.CCc1ccc2cc(CC)c([N+](=O)[O-])cc2c1.COc1ccc2c(c1)Sc1ccccc1C2(C)c1ccccc1. The van der Waals surface area contributed by atoms with Crippen LogP contribution in [0.5, 0.6) is 17.2 Å². The molecule has 3 unspecified atom stereocenters. The number of rotatable bonds is 27. The van der Waals surface area contributed by atoms with Crippen molar-refractivity contribution in [2.45, 2.75) is 187 Å². The predicted octanol–water partition coefficient (Wildman–Crippen LogP) is 21.6. The minimum atomic E-state index is -0.859. The van der Waals surface area contributed by atoms with E-state index in [1.807, 2.05) is 125 Å². The van der Waals surface area contributed by atoms with E-state index in [1.165, 1.54) is 81.1 Å². The van der Waals surface area contributed by atoms with E-state index in [2.05, 4.69) is 125 Å². The van der Waals surface area contributed by atoms with Crippen molar-refractivity contribution in [2.24, 2.45) is 5.92 Å². The zero-order chi connectivity index (χ0) is 89.1. The number of nitro groups is 2. The zero-order valence-electron chi connectivity index (χ0n) is 72.8. The normalized spacial score (nSPS) is 14.1. The monoisotopic (exact) mass is 1690 g/mol. The first-order valence-corrected chi connectivity index (χ1v) is 43.7. The first-order valence-electron chi connectivity index (χ1n) is 41.6. The number of thioether (sulfide) groups is 1. The van der Waals surface area contributed by atoms with Gasteiger partial charge < -0.3 is 24.3 Å². The lowest BCUT2D eigenvalue weighted by Crippen LogP contribution is -2.38. The molecule has 0 saturated carbocycles. The van der Waals surface area contributed by atoms with Crippen LogP contribution in [0.3, 0.4) is 0 Å². The van der Waals surface area contributed by atoms with Crippen LogP contribution in [0, 0.1) is 33.1 Å². The van der Waals surface area contributed by atoms with Crippen molar-refractivity contribution in [3.05, 3.63) is 309 Å². The number of amides is 3. The van der Waals surface area contributed by atoms with Gasteiger partial charge in [0.25, 0.3) is 11.4 Å². The summed E-state index contributed by atoms with van der Waals surface area (Å²) in [4.78, 5) is 121. The molecule has 0 aromatic heterocycles. The molecular weight excluding hydrogens is 1580 g/mol. The van der Waals surface area contributed by atoms with Gasteiger partial charge in [-0.2, -0.15) is 11.8 Å². The molecule has 1 saturated heterocycles. The highest BCUT2D eigenvalue weighted by Crippen LogP contribution is 2.53. The maximum absolute atomic E-state index is 12.6. The number of Topliss-reactive ketones (excluding diaryl/α,β-unsaturated/α-hetero) is 2. The second-order valence-electron chi connectivity index (χ2n) is 30.2. The predicted molar refractivity (Wildman–Crippen MR) is 484 cm³/mol. The van der Waals surface area contributed by atoms with Crippen LogP contribution in [0.25, 0.3) is 10.8 Å². The third-order valence-corrected chi connectivity index (χ3v) is 23.7. The molecule has 10 aromatic carbocycles. The fraction of sp³-hybridized carbons (Fsp3) is 0.340. The molecule has 3 amide bonds. The van der Waals surface area contributed by atoms with Gasteiger partial charge in [-0.25, -0.2) is 0 Å². The van der Waals surface area contributed by atoms with Gasteiger partial charge in [-0.1, -0.05) is 208 Å². The molecule has 640 valence electrons. The summed E-state index contributed by atoms with van der Waals surface area (Å²) in [5.41, 5.74) is 15.6. The van der Waals surface area contributed by atoms with Crippen molar-refractivity contribution in [1.29, 1.82) is 0 Å². The van der Waals surface area contributed by atoms with E-state index in [0.717, 1.165) is 86.9 Å². The van der Waals surface area contributed by atoms with E-state index >= 15 is 0 Å². The second kappa shape index (κ2) is 45.7. The standard InChI is InChI=1S/C23H31N3O9S.C21H18OS.C18H16O2.C14H15NO2.2C12H16O/c1-5-22(29)35-14(2)15-11-17(33-3)18(12-16(15)26(31)32)34-10-6-7-20(27)24-8-9-25-21(28)13-19(36-4)23(25)30;1-21(15-8-4-3-5-9-15)17-10-6-7-11-19(17)23-20-14-16(22-2)12-13-18(20)21;1-3-11-5-7-13-15(9-11)17(19)14-8-6-12(4-2)10-16(14)18(13)20;1-3-10-5-6-12-8-11(4-2)14(15(16)17)9-13(12)7-10;1-9(2)8-11-6-4-5-7-12(11)10(3)13;1-4-10-7-6-9(3)11(8-10)12(13)5-2/h11-12,14,19H,5-10,13H2,1-4H3,(H,24,27);3-14H,1-2H3;5-10H,3-4H2,1-2H3;5-9H,3-4H2,1-2H3;4-7,9H,8H2,1-3H3;6-8H,4-5H2,1-3H3. The number of carbonyl (C=O) groups is 8. The van der Waals surface area contributed by atoms with Crippen molar-refractivity contribution < 1.29 is 67.2 Å². The Morgan fingerprint density at radius 3 is 1.75 bits per heavy atom. The summed E-state index contributed by atoms with van der Waals surface area (Å²) in [5, 5.41) is 26.9. The van der Waals surface area contributed by atoms with Crippen molar-refractivity contribution in [3.63, 3.8) is 0 Å². The Morgan fingerprint density at radius 1 is 0.590 bits per heavy atom. The molecule has 2 heterocycles. The van der Waals surface area contributed by atoms with Gasteiger partial charge in [0.05, 0.1) is 47.6 Å². The number of nitrogens with one attached hydrogen (secondary N) is 1. The quantitative estimate of drug-likeness (QED) is 0.0125. The molecule has 3 aliphatic rings. The molecule has 1 aliphatic carbocycles. The number of aryl methyl sites for hydroxylation is 6. The van der Waals surface area contributed by atoms with Crippen molar-refractivity contribution in [1.82, 2.24) is 10.2 Å². The average molecular weight is 1690 g/mol. The van der Waals surface area contributed by atoms with Crippen LogP contribution in [-0.2, 0) is 67.9 Å². The Kier molecular flexibility index (Phi) is 35.8. The Bertz CT molecular complexity index is 5390. The van der Waals surface area contributed by atoms with E-state index in [4.69, 9.17) is 18.9 Å². The number of carbonyl (C=O) groups excluding carboxylic acids is 8. The van der Waals surface area contributed by atoms with E-state index in [-0.39, 0.29) is 124 Å². The number of imide groups is 1. The molecule has 0 spiro atoms.